The molecule has 0 aliphatic carbocycles. The average molecular weight is 606 g/mol. The molecule has 3 heterocycles. The number of thiazole rings is 1. The van der Waals surface area contributed by atoms with Gasteiger partial charge in [-0.15, -0.1) is 11.3 Å². The summed E-state index contributed by atoms with van der Waals surface area (Å²) in [6.07, 6.45) is 1.66. The van der Waals surface area contributed by atoms with Crippen molar-refractivity contribution in [3.05, 3.63) is 86.6 Å². The molecule has 9 heteroatoms. The van der Waals surface area contributed by atoms with Crippen LogP contribution < -0.4 is 10.3 Å². The maximum Gasteiger partial charge on any atom is 0.265 e. The predicted molar refractivity (Wildman–Crippen MR) is 168 cm³/mol. The molecule has 1 saturated heterocycles. The van der Waals surface area contributed by atoms with E-state index < -0.39 is 6.43 Å². The van der Waals surface area contributed by atoms with Gasteiger partial charge in [0, 0.05) is 41.4 Å². The van der Waals surface area contributed by atoms with Crippen LogP contribution in [0.5, 0.6) is 5.75 Å². The molecule has 43 heavy (non-hydrogen) atoms. The molecular weight excluding hydrogens is 568 g/mol. The molecule has 1 aliphatic heterocycles. The van der Waals surface area contributed by atoms with Crippen molar-refractivity contribution in [2.24, 2.45) is 5.92 Å². The molecule has 0 saturated carbocycles. The third kappa shape index (κ3) is 6.42. The van der Waals surface area contributed by atoms with Crippen LogP contribution in [0.15, 0.2) is 58.7 Å². The first kappa shape index (κ1) is 30.6. The van der Waals surface area contributed by atoms with E-state index in [1.165, 1.54) is 23.5 Å². The van der Waals surface area contributed by atoms with Crippen molar-refractivity contribution in [2.75, 3.05) is 20.2 Å². The van der Waals surface area contributed by atoms with Gasteiger partial charge in [-0.2, -0.15) is 0 Å². The summed E-state index contributed by atoms with van der Waals surface area (Å²) in [5.74, 6) is 0.723. The summed E-state index contributed by atoms with van der Waals surface area (Å²) in [6.45, 7) is 7.56. The molecule has 4 aromatic rings. The molecule has 1 fully saturated rings. The first-order valence-electron chi connectivity index (χ1n) is 14.8. The van der Waals surface area contributed by atoms with Crippen molar-refractivity contribution in [3.63, 3.8) is 0 Å². The summed E-state index contributed by atoms with van der Waals surface area (Å²) in [7, 11) is 1.59. The summed E-state index contributed by atoms with van der Waals surface area (Å²) >= 11 is 1.30. The van der Waals surface area contributed by atoms with E-state index in [1.54, 1.807) is 29.9 Å². The van der Waals surface area contributed by atoms with Gasteiger partial charge in [0.25, 0.3) is 17.9 Å². The maximum atomic E-state index is 14.5. The number of amides is 1. The van der Waals surface area contributed by atoms with Crippen LogP contribution in [0.1, 0.15) is 73.6 Å². The Morgan fingerprint density at radius 2 is 1.77 bits per heavy atom. The lowest BCUT2D eigenvalue weighted by Crippen LogP contribution is -2.38. The molecule has 0 atom stereocenters. The molecule has 226 valence electrons. The highest BCUT2D eigenvalue weighted by molar-refractivity contribution is 7.13. The van der Waals surface area contributed by atoms with Gasteiger partial charge in [-0.05, 0) is 55.7 Å². The van der Waals surface area contributed by atoms with Crippen molar-refractivity contribution in [2.45, 2.75) is 59.3 Å². The molecule has 1 aliphatic rings. The number of alkyl halides is 2. The second kappa shape index (κ2) is 13.2. The lowest BCUT2D eigenvalue weighted by atomic mass is 9.98. The van der Waals surface area contributed by atoms with Gasteiger partial charge in [-0.25, -0.2) is 13.8 Å². The van der Waals surface area contributed by atoms with E-state index in [0.717, 1.165) is 24.8 Å². The number of carbonyl (C=O) groups is 1. The van der Waals surface area contributed by atoms with E-state index in [1.807, 2.05) is 35.4 Å². The Balaban J connectivity index is 1.74. The topological polar surface area (TPSA) is 64.4 Å². The lowest BCUT2D eigenvalue weighted by molar-refractivity contribution is 0.0722. The van der Waals surface area contributed by atoms with E-state index >= 15 is 0 Å². The van der Waals surface area contributed by atoms with Crippen LogP contribution in [0.4, 0.5) is 8.78 Å². The average Bonchev–Trinajstić information content (AvgIpc) is 3.51. The smallest absolute Gasteiger partial charge is 0.265 e. The molecule has 0 spiro atoms. The van der Waals surface area contributed by atoms with Crippen LogP contribution in [-0.2, 0) is 12.8 Å². The fraction of sp³-hybridized carbons (Fsp3) is 0.382. The monoisotopic (exact) mass is 605 g/mol. The van der Waals surface area contributed by atoms with Crippen LogP contribution in [-0.4, -0.2) is 40.6 Å². The van der Waals surface area contributed by atoms with Gasteiger partial charge in [0.15, 0.2) is 0 Å². The Hall–Kier alpha value is -3.85. The molecule has 0 N–H and O–H groups in total. The van der Waals surface area contributed by atoms with E-state index in [2.05, 4.69) is 13.8 Å². The third-order valence-corrected chi connectivity index (χ3v) is 8.76. The molecule has 2 aromatic carbocycles. The molecule has 0 bridgehead atoms. The SMILES string of the molecule is CCc1ccc(OC)cc1-n1c(CC(C)C)c(C(=O)N2CCCCC2)cc(-c2nc(-c3ccc(C(F)F)cc3)cs2)c1=O. The number of piperidine rings is 1. The second-order valence-corrected chi connectivity index (χ2v) is 12.2. The number of aromatic nitrogens is 2. The number of halogens is 2. The summed E-state index contributed by atoms with van der Waals surface area (Å²) in [5.41, 5.74) is 4.10. The minimum Gasteiger partial charge on any atom is -0.497 e. The maximum absolute atomic E-state index is 14.5. The van der Waals surface area contributed by atoms with Crippen LogP contribution in [0.2, 0.25) is 0 Å². The molecular formula is C34H37F2N3O3S. The van der Waals surface area contributed by atoms with Gasteiger partial charge in [0.1, 0.15) is 10.8 Å². The van der Waals surface area contributed by atoms with E-state index in [-0.39, 0.29) is 22.9 Å². The molecule has 6 nitrogen and oxygen atoms in total. The summed E-state index contributed by atoms with van der Waals surface area (Å²) in [4.78, 5) is 35.4. The quantitative estimate of drug-likeness (QED) is 0.194. The zero-order chi connectivity index (χ0) is 30.7. The first-order chi connectivity index (χ1) is 20.7. The highest BCUT2D eigenvalue weighted by Gasteiger charge is 2.28. The Kier molecular flexibility index (Phi) is 9.40. The number of carbonyl (C=O) groups excluding carboxylic acids is 1. The van der Waals surface area contributed by atoms with Gasteiger partial charge < -0.3 is 9.64 Å². The Bertz CT molecular complexity index is 1650. The number of nitrogens with zero attached hydrogens (tertiary/aromatic N) is 3. The molecule has 1 amide bonds. The van der Waals surface area contributed by atoms with Crippen LogP contribution in [0, 0.1) is 5.92 Å². The van der Waals surface area contributed by atoms with Crippen molar-refractivity contribution in [3.8, 4) is 33.3 Å². The zero-order valence-electron chi connectivity index (χ0n) is 25.0. The van der Waals surface area contributed by atoms with Crippen LogP contribution >= 0.6 is 11.3 Å². The molecule has 0 radical (unpaired) electrons. The van der Waals surface area contributed by atoms with Gasteiger partial charge in [-0.1, -0.05) is 51.1 Å². The number of ether oxygens (including phenoxy) is 1. The number of rotatable bonds is 9. The number of likely N-dealkylation sites (tertiary alicyclic amines) is 1. The van der Waals surface area contributed by atoms with Crippen molar-refractivity contribution >= 4 is 17.2 Å². The Labute approximate surface area is 255 Å². The van der Waals surface area contributed by atoms with Gasteiger partial charge in [-0.3, -0.25) is 14.2 Å². The second-order valence-electron chi connectivity index (χ2n) is 11.3. The Morgan fingerprint density at radius 1 is 1.05 bits per heavy atom. The molecule has 0 unspecified atom stereocenters. The van der Waals surface area contributed by atoms with Crippen LogP contribution in [0.3, 0.4) is 0 Å². The first-order valence-corrected chi connectivity index (χ1v) is 15.7. The van der Waals surface area contributed by atoms with E-state index in [0.29, 0.717) is 70.5 Å². The normalized spacial score (nSPS) is 13.6. The van der Waals surface area contributed by atoms with Gasteiger partial charge in [0.2, 0.25) is 0 Å². The number of hydrogen-bond acceptors (Lipinski definition) is 5. The largest absolute Gasteiger partial charge is 0.497 e. The van der Waals surface area contributed by atoms with Gasteiger partial charge in [0.05, 0.1) is 29.6 Å². The summed E-state index contributed by atoms with van der Waals surface area (Å²) < 4.78 is 33.5. The van der Waals surface area contributed by atoms with Crippen molar-refractivity contribution in [1.82, 2.24) is 14.5 Å². The number of hydrogen-bond donors (Lipinski definition) is 0. The van der Waals surface area contributed by atoms with Crippen LogP contribution in [0.25, 0.3) is 27.5 Å². The minimum atomic E-state index is -2.55. The van der Waals surface area contributed by atoms with Gasteiger partial charge >= 0.3 is 0 Å². The Morgan fingerprint density at radius 3 is 2.40 bits per heavy atom. The standard InChI is InChI=1S/C34H37F2N3O3S/c1-5-22-13-14-25(42-4)18-29(22)39-30(17-21(2)3)26(33(40)38-15-7-6-8-16-38)19-27(34(39)41)32-37-28(20-43-32)23-9-11-24(12-10-23)31(35)36/h9-14,18-21,31H,5-8,15-17H2,1-4H3. The fourth-order valence-corrected chi connectivity index (χ4v) is 6.44. The van der Waals surface area contributed by atoms with E-state index in [4.69, 9.17) is 9.72 Å². The van der Waals surface area contributed by atoms with Crippen molar-refractivity contribution < 1.29 is 18.3 Å². The molecule has 2 aromatic heterocycles. The number of benzene rings is 2. The number of aryl methyl sites for hydroxylation is 1. The number of methoxy groups -OCH3 is 1. The number of pyridine rings is 1. The lowest BCUT2D eigenvalue weighted by Gasteiger charge is -2.29. The minimum absolute atomic E-state index is 0.0614. The van der Waals surface area contributed by atoms with Crippen molar-refractivity contribution in [1.29, 1.82) is 0 Å². The fourth-order valence-electron chi connectivity index (χ4n) is 5.61. The van der Waals surface area contributed by atoms with E-state index in [9.17, 15) is 18.4 Å². The molecule has 5 rings (SSSR count). The third-order valence-electron chi connectivity index (χ3n) is 7.89. The predicted octanol–water partition coefficient (Wildman–Crippen LogP) is 7.96. The summed E-state index contributed by atoms with van der Waals surface area (Å²) in [6, 6.07) is 13.4. The highest BCUT2D eigenvalue weighted by Crippen LogP contribution is 2.32. The summed E-state index contributed by atoms with van der Waals surface area (Å²) in [5, 5.41) is 2.28. The highest BCUT2D eigenvalue weighted by atomic mass is 32.1. The zero-order valence-corrected chi connectivity index (χ0v) is 25.8.